The molecule has 1 fully saturated rings. The summed E-state index contributed by atoms with van der Waals surface area (Å²) in [5.74, 6) is 1.05. The molecule has 0 spiro atoms. The molecule has 1 N–H and O–H groups in total. The number of fused-ring (bicyclic) bond motifs is 1. The van der Waals surface area contributed by atoms with E-state index in [9.17, 15) is 8.42 Å². The monoisotopic (exact) mass is 562 g/mol. The van der Waals surface area contributed by atoms with Crippen LogP contribution < -0.4 is 14.8 Å². The predicted molar refractivity (Wildman–Crippen MR) is 155 cm³/mol. The van der Waals surface area contributed by atoms with Gasteiger partial charge in [0.1, 0.15) is 24.2 Å². The third kappa shape index (κ3) is 6.72. The van der Waals surface area contributed by atoms with E-state index >= 15 is 0 Å². The van der Waals surface area contributed by atoms with Crippen LogP contribution in [0.3, 0.4) is 0 Å². The molecule has 3 aromatic carbocycles. The van der Waals surface area contributed by atoms with Gasteiger partial charge in [-0.15, -0.1) is 0 Å². The molecule has 2 atom stereocenters. The molecule has 0 saturated carbocycles. The van der Waals surface area contributed by atoms with Gasteiger partial charge >= 0.3 is 0 Å². The van der Waals surface area contributed by atoms with Crippen molar-refractivity contribution in [2.45, 2.75) is 50.4 Å². The lowest BCUT2D eigenvalue weighted by atomic mass is 10.1. The third-order valence-corrected chi connectivity index (χ3v) is 8.17. The molecule has 1 aliphatic rings. The average molecular weight is 563 g/mol. The standard InChI is InChI=1S/C31H34N2O6S/c1-21-7-15-27(19-30(21)38-31-6-4-5-17-36-31)40(34,35)39-22(2)20-37-26-14-10-24-11-16-28(33-29(24)18-26)23-8-12-25(32-3)13-9-23/h7-16,18-19,22,31-32H,4-6,17,20H2,1-3H3. The Morgan fingerprint density at radius 1 is 1.02 bits per heavy atom. The van der Waals surface area contributed by atoms with E-state index in [2.05, 4.69) is 5.32 Å². The first-order valence-corrected chi connectivity index (χ1v) is 14.9. The maximum Gasteiger partial charge on any atom is 0.297 e. The van der Waals surface area contributed by atoms with Crippen molar-refractivity contribution < 1.29 is 26.8 Å². The van der Waals surface area contributed by atoms with Crippen molar-refractivity contribution in [1.29, 1.82) is 0 Å². The van der Waals surface area contributed by atoms with E-state index in [4.69, 9.17) is 23.4 Å². The molecule has 0 radical (unpaired) electrons. The zero-order valence-electron chi connectivity index (χ0n) is 22.9. The van der Waals surface area contributed by atoms with Crippen molar-refractivity contribution in [3.05, 3.63) is 78.4 Å². The summed E-state index contributed by atoms with van der Waals surface area (Å²) in [5.41, 5.74) is 4.50. The molecule has 2 unspecified atom stereocenters. The Labute approximate surface area is 235 Å². The van der Waals surface area contributed by atoms with Crippen molar-refractivity contribution in [2.24, 2.45) is 0 Å². The Balaban J connectivity index is 1.23. The first-order chi connectivity index (χ1) is 19.3. The number of hydrogen-bond acceptors (Lipinski definition) is 8. The van der Waals surface area contributed by atoms with Crippen molar-refractivity contribution in [1.82, 2.24) is 4.98 Å². The number of pyridine rings is 1. The minimum absolute atomic E-state index is 0.0287. The zero-order valence-corrected chi connectivity index (χ0v) is 23.7. The Morgan fingerprint density at radius 3 is 2.58 bits per heavy atom. The van der Waals surface area contributed by atoms with Crippen LogP contribution in [0.2, 0.25) is 0 Å². The topological polar surface area (TPSA) is 96.0 Å². The molecular weight excluding hydrogens is 528 g/mol. The Hall–Kier alpha value is -3.66. The van der Waals surface area contributed by atoms with Crippen molar-refractivity contribution in [3.63, 3.8) is 0 Å². The highest BCUT2D eigenvalue weighted by atomic mass is 32.2. The van der Waals surface area contributed by atoms with Gasteiger partial charge < -0.3 is 19.5 Å². The molecule has 2 heterocycles. The van der Waals surface area contributed by atoms with E-state index < -0.39 is 16.2 Å². The molecule has 0 amide bonds. The summed E-state index contributed by atoms with van der Waals surface area (Å²) < 4.78 is 49.0. The van der Waals surface area contributed by atoms with Crippen LogP contribution in [-0.2, 0) is 19.0 Å². The van der Waals surface area contributed by atoms with E-state index in [1.54, 1.807) is 13.0 Å². The number of nitrogens with one attached hydrogen (secondary N) is 1. The van der Waals surface area contributed by atoms with Crippen LogP contribution >= 0.6 is 0 Å². The van der Waals surface area contributed by atoms with Crippen LogP contribution in [0, 0.1) is 6.92 Å². The second kappa shape index (κ2) is 12.2. The summed E-state index contributed by atoms with van der Waals surface area (Å²) in [7, 11) is -2.15. The van der Waals surface area contributed by atoms with Crippen molar-refractivity contribution >= 4 is 26.7 Å². The van der Waals surface area contributed by atoms with Gasteiger partial charge in [0.25, 0.3) is 10.1 Å². The van der Waals surface area contributed by atoms with Crippen LogP contribution in [-0.4, -0.2) is 46.1 Å². The molecule has 8 nitrogen and oxygen atoms in total. The number of benzene rings is 3. The number of anilines is 1. The molecule has 210 valence electrons. The smallest absolute Gasteiger partial charge is 0.297 e. The van der Waals surface area contributed by atoms with Crippen LogP contribution in [0.25, 0.3) is 22.2 Å². The molecule has 1 saturated heterocycles. The number of rotatable bonds is 10. The maximum atomic E-state index is 13.0. The summed E-state index contributed by atoms with van der Waals surface area (Å²) in [6, 6.07) is 22.4. The van der Waals surface area contributed by atoms with Gasteiger partial charge in [0, 0.05) is 42.2 Å². The van der Waals surface area contributed by atoms with Crippen molar-refractivity contribution in [2.75, 3.05) is 25.6 Å². The molecule has 0 aliphatic carbocycles. The zero-order chi connectivity index (χ0) is 28.1. The fourth-order valence-corrected chi connectivity index (χ4v) is 5.56. The van der Waals surface area contributed by atoms with Gasteiger partial charge in [-0.3, -0.25) is 4.18 Å². The van der Waals surface area contributed by atoms with Crippen LogP contribution in [0.5, 0.6) is 11.5 Å². The highest BCUT2D eigenvalue weighted by molar-refractivity contribution is 7.86. The van der Waals surface area contributed by atoms with E-state index in [0.29, 0.717) is 18.1 Å². The molecule has 40 heavy (non-hydrogen) atoms. The molecule has 5 rings (SSSR count). The minimum Gasteiger partial charge on any atom is -0.491 e. The lowest BCUT2D eigenvalue weighted by molar-refractivity contribution is -0.106. The minimum atomic E-state index is -4.04. The molecule has 1 aliphatic heterocycles. The SMILES string of the molecule is CNc1ccc(-c2ccc3ccc(OCC(C)OS(=O)(=O)c4ccc(C)c(OC5CCCCO5)c4)cc3n2)cc1. The number of aromatic nitrogens is 1. The van der Waals surface area contributed by atoms with Crippen LogP contribution in [0.4, 0.5) is 5.69 Å². The molecule has 4 aromatic rings. The third-order valence-electron chi connectivity index (χ3n) is 6.75. The summed E-state index contributed by atoms with van der Waals surface area (Å²) in [6.07, 6.45) is 1.70. The number of nitrogens with zero attached hydrogens (tertiary/aromatic N) is 1. The first kappa shape index (κ1) is 27.9. The van der Waals surface area contributed by atoms with E-state index in [1.807, 2.05) is 68.6 Å². The summed E-state index contributed by atoms with van der Waals surface area (Å²) in [6.45, 7) is 4.21. The Morgan fingerprint density at radius 2 is 1.82 bits per heavy atom. The van der Waals surface area contributed by atoms with E-state index in [0.717, 1.165) is 52.7 Å². The van der Waals surface area contributed by atoms with Gasteiger partial charge in [0.05, 0.1) is 22.7 Å². The number of aryl methyl sites for hydroxylation is 1. The quantitative estimate of drug-likeness (QED) is 0.224. The first-order valence-electron chi connectivity index (χ1n) is 13.4. The molecule has 1 aromatic heterocycles. The highest BCUT2D eigenvalue weighted by Crippen LogP contribution is 2.28. The highest BCUT2D eigenvalue weighted by Gasteiger charge is 2.23. The lowest BCUT2D eigenvalue weighted by Gasteiger charge is -2.24. The predicted octanol–water partition coefficient (Wildman–Crippen LogP) is 6.33. The maximum absolute atomic E-state index is 13.0. The summed E-state index contributed by atoms with van der Waals surface area (Å²) in [4.78, 5) is 4.83. The van der Waals surface area contributed by atoms with Gasteiger partial charge in [-0.2, -0.15) is 8.42 Å². The molecule has 9 heteroatoms. The Kier molecular flexibility index (Phi) is 8.54. The van der Waals surface area contributed by atoms with E-state index in [1.165, 1.54) is 12.1 Å². The largest absolute Gasteiger partial charge is 0.491 e. The molecular formula is C31H34N2O6S. The number of ether oxygens (including phenoxy) is 3. The van der Waals surface area contributed by atoms with Gasteiger partial charge in [0.15, 0.2) is 6.29 Å². The normalized spacial score (nSPS) is 16.4. The fourth-order valence-electron chi connectivity index (χ4n) is 4.48. The van der Waals surface area contributed by atoms with Crippen molar-refractivity contribution in [3.8, 4) is 22.8 Å². The summed E-state index contributed by atoms with van der Waals surface area (Å²) >= 11 is 0. The second-order valence-electron chi connectivity index (χ2n) is 9.89. The van der Waals surface area contributed by atoms with Gasteiger partial charge in [-0.1, -0.05) is 24.3 Å². The van der Waals surface area contributed by atoms with Crippen LogP contribution in [0.1, 0.15) is 31.7 Å². The second-order valence-corrected chi connectivity index (χ2v) is 11.5. The van der Waals surface area contributed by atoms with E-state index in [-0.39, 0.29) is 17.8 Å². The van der Waals surface area contributed by atoms with Gasteiger partial charge in [0.2, 0.25) is 0 Å². The Bertz CT molecular complexity index is 1570. The summed E-state index contributed by atoms with van der Waals surface area (Å²) in [5, 5.41) is 4.09. The van der Waals surface area contributed by atoms with Gasteiger partial charge in [-0.05, 0) is 68.7 Å². The van der Waals surface area contributed by atoms with Crippen LogP contribution in [0.15, 0.2) is 77.7 Å². The fraction of sp³-hybridized carbons (Fsp3) is 0.323. The molecule has 0 bridgehead atoms. The number of hydrogen-bond donors (Lipinski definition) is 1. The average Bonchev–Trinajstić information content (AvgIpc) is 2.97. The lowest BCUT2D eigenvalue weighted by Crippen LogP contribution is -2.25. The van der Waals surface area contributed by atoms with Gasteiger partial charge in [-0.25, -0.2) is 4.98 Å².